The lowest BCUT2D eigenvalue weighted by atomic mass is 9.54. The maximum absolute atomic E-state index is 10.5. The zero-order valence-electron chi connectivity index (χ0n) is 8.84. The second-order valence-corrected chi connectivity index (χ2v) is 4.38. The molecule has 13 heavy (non-hydrogen) atoms. The van der Waals surface area contributed by atoms with Crippen molar-refractivity contribution in [1.29, 1.82) is 0 Å². The summed E-state index contributed by atoms with van der Waals surface area (Å²) in [5.41, 5.74) is 5.70. The lowest BCUT2D eigenvalue weighted by molar-refractivity contribution is -0.133. The third-order valence-corrected chi connectivity index (χ3v) is 2.85. The highest BCUT2D eigenvalue weighted by atomic mass is 16.1. The quantitative estimate of drug-likeness (QED) is 0.608. The Morgan fingerprint density at radius 1 is 1.31 bits per heavy atom. The summed E-state index contributed by atoms with van der Waals surface area (Å²) >= 11 is 0. The first-order chi connectivity index (χ1) is 6.08. The van der Waals surface area contributed by atoms with Crippen LogP contribution in [0.3, 0.4) is 0 Å². The predicted octanol–water partition coefficient (Wildman–Crippen LogP) is 0.635. The fraction of sp³-hybridized carbons (Fsp3) is 0.900. The molecule has 0 bridgehead atoms. The van der Waals surface area contributed by atoms with Gasteiger partial charge in [-0.3, -0.25) is 0 Å². The molecule has 2 N–H and O–H groups in total. The average molecular weight is 184 g/mol. The molecular formula is C10H20N2O. The van der Waals surface area contributed by atoms with Gasteiger partial charge >= 0.3 is 0 Å². The number of carbonyl (C=O) groups excluding carboxylic acids is 1. The average Bonchev–Trinajstić information content (AvgIpc) is 2.03. The Balaban J connectivity index is 0.000000396. The number of carbonyl (C=O) groups is 1. The van der Waals surface area contributed by atoms with Crippen molar-refractivity contribution >= 4 is 6.29 Å². The van der Waals surface area contributed by atoms with E-state index < -0.39 is 5.54 Å². The Hall–Kier alpha value is -0.410. The molecule has 76 valence electrons. The first-order valence-corrected chi connectivity index (χ1v) is 5.01. The van der Waals surface area contributed by atoms with Crippen LogP contribution in [0.1, 0.15) is 26.7 Å². The van der Waals surface area contributed by atoms with Crippen molar-refractivity contribution in [3.8, 4) is 0 Å². The smallest absolute Gasteiger partial charge is 0.139 e. The molecule has 1 heterocycles. The summed E-state index contributed by atoms with van der Waals surface area (Å²) in [6.45, 7) is 6.25. The molecule has 0 unspecified atom stereocenters. The molecule has 0 aromatic rings. The molecule has 0 atom stereocenters. The standard InChI is InChI=1S/C8H14N2O.C2H6/c1-10-4-7(5-10)2-8(9,3-7)6-11;1-2/h6H,2-5,9H2,1H3;1-2H3. The Kier molecular flexibility index (Phi) is 2.78. The first kappa shape index (κ1) is 10.7. The van der Waals surface area contributed by atoms with Gasteiger partial charge in [0.05, 0.1) is 5.54 Å². The molecule has 1 saturated carbocycles. The molecule has 0 radical (unpaired) electrons. The third-order valence-electron chi connectivity index (χ3n) is 2.85. The number of aldehydes is 1. The van der Waals surface area contributed by atoms with Gasteiger partial charge in [-0.15, -0.1) is 0 Å². The van der Waals surface area contributed by atoms with Crippen LogP contribution in [0.15, 0.2) is 0 Å². The summed E-state index contributed by atoms with van der Waals surface area (Å²) in [5.74, 6) is 0. The molecule has 2 fully saturated rings. The van der Waals surface area contributed by atoms with Crippen molar-refractivity contribution in [1.82, 2.24) is 4.90 Å². The maximum atomic E-state index is 10.5. The summed E-state index contributed by atoms with van der Waals surface area (Å²) in [5, 5.41) is 0. The van der Waals surface area contributed by atoms with Crippen molar-refractivity contribution < 1.29 is 4.79 Å². The van der Waals surface area contributed by atoms with Crippen molar-refractivity contribution in [3.05, 3.63) is 0 Å². The number of likely N-dealkylation sites (tertiary alicyclic amines) is 1. The summed E-state index contributed by atoms with van der Waals surface area (Å²) in [6, 6.07) is 0. The number of nitrogens with two attached hydrogens (primary N) is 1. The molecule has 0 aromatic heterocycles. The van der Waals surface area contributed by atoms with E-state index in [1.54, 1.807) is 0 Å². The van der Waals surface area contributed by atoms with Crippen LogP contribution in [-0.4, -0.2) is 36.9 Å². The first-order valence-electron chi connectivity index (χ1n) is 5.01. The van der Waals surface area contributed by atoms with Gasteiger partial charge in [0.15, 0.2) is 0 Å². The fourth-order valence-corrected chi connectivity index (χ4v) is 2.75. The van der Waals surface area contributed by atoms with Gasteiger partial charge in [0.1, 0.15) is 6.29 Å². The highest BCUT2D eigenvalue weighted by Crippen LogP contribution is 2.51. The molecular weight excluding hydrogens is 164 g/mol. The molecule has 0 amide bonds. The van der Waals surface area contributed by atoms with Crippen molar-refractivity contribution in [3.63, 3.8) is 0 Å². The van der Waals surface area contributed by atoms with Crippen LogP contribution < -0.4 is 5.73 Å². The summed E-state index contributed by atoms with van der Waals surface area (Å²) < 4.78 is 0. The molecule has 2 aliphatic rings. The normalized spacial score (nSPS) is 28.0. The third kappa shape index (κ3) is 1.76. The molecule has 1 aliphatic carbocycles. The van der Waals surface area contributed by atoms with Crippen LogP contribution in [0.5, 0.6) is 0 Å². The summed E-state index contributed by atoms with van der Waals surface area (Å²) in [6.07, 6.45) is 2.71. The zero-order valence-corrected chi connectivity index (χ0v) is 8.84. The number of rotatable bonds is 1. The number of hydrogen-bond acceptors (Lipinski definition) is 3. The van der Waals surface area contributed by atoms with Gasteiger partial charge in [-0.2, -0.15) is 0 Å². The van der Waals surface area contributed by atoms with Gasteiger partial charge in [0, 0.05) is 18.5 Å². The lowest BCUT2D eigenvalue weighted by Gasteiger charge is -2.60. The minimum Gasteiger partial charge on any atom is -0.319 e. The van der Waals surface area contributed by atoms with Gasteiger partial charge in [-0.25, -0.2) is 0 Å². The Bertz CT molecular complexity index is 189. The monoisotopic (exact) mass is 184 g/mol. The van der Waals surface area contributed by atoms with Gasteiger partial charge in [-0.1, -0.05) is 13.8 Å². The van der Waals surface area contributed by atoms with Gasteiger partial charge in [0.25, 0.3) is 0 Å². The maximum Gasteiger partial charge on any atom is 0.139 e. The number of nitrogens with zero attached hydrogens (tertiary/aromatic N) is 1. The zero-order chi connectivity index (χ0) is 10.1. The Morgan fingerprint density at radius 2 is 1.77 bits per heavy atom. The minimum absolute atomic E-state index is 0.421. The molecule has 3 nitrogen and oxygen atoms in total. The Morgan fingerprint density at radius 3 is 2.08 bits per heavy atom. The van der Waals surface area contributed by atoms with Crippen LogP contribution in [0.4, 0.5) is 0 Å². The Labute approximate surface area is 80.3 Å². The van der Waals surface area contributed by atoms with E-state index >= 15 is 0 Å². The van der Waals surface area contributed by atoms with Gasteiger partial charge < -0.3 is 15.4 Å². The van der Waals surface area contributed by atoms with E-state index in [0.717, 1.165) is 32.2 Å². The topological polar surface area (TPSA) is 46.3 Å². The van der Waals surface area contributed by atoms with Crippen LogP contribution in [0, 0.1) is 5.41 Å². The summed E-state index contributed by atoms with van der Waals surface area (Å²) in [4.78, 5) is 12.7. The van der Waals surface area contributed by atoms with E-state index in [4.69, 9.17) is 5.73 Å². The molecule has 1 aliphatic heterocycles. The van der Waals surface area contributed by atoms with Gasteiger partial charge in [0.2, 0.25) is 0 Å². The molecule has 3 heteroatoms. The van der Waals surface area contributed by atoms with E-state index in [1.165, 1.54) is 0 Å². The van der Waals surface area contributed by atoms with Crippen molar-refractivity contribution in [2.24, 2.45) is 11.1 Å². The second-order valence-electron chi connectivity index (χ2n) is 4.38. The highest BCUT2D eigenvalue weighted by molar-refractivity contribution is 5.66. The lowest BCUT2D eigenvalue weighted by Crippen LogP contribution is -2.70. The largest absolute Gasteiger partial charge is 0.319 e. The van der Waals surface area contributed by atoms with E-state index in [-0.39, 0.29) is 0 Å². The van der Waals surface area contributed by atoms with Crippen LogP contribution in [0.2, 0.25) is 0 Å². The van der Waals surface area contributed by atoms with E-state index in [9.17, 15) is 4.79 Å². The predicted molar refractivity (Wildman–Crippen MR) is 53.5 cm³/mol. The van der Waals surface area contributed by atoms with E-state index in [0.29, 0.717) is 5.41 Å². The molecule has 0 aromatic carbocycles. The molecule has 1 spiro atoms. The minimum atomic E-state index is -0.471. The summed E-state index contributed by atoms with van der Waals surface area (Å²) in [7, 11) is 2.10. The number of hydrogen-bond donors (Lipinski definition) is 1. The van der Waals surface area contributed by atoms with E-state index in [2.05, 4.69) is 11.9 Å². The highest BCUT2D eigenvalue weighted by Gasteiger charge is 2.57. The van der Waals surface area contributed by atoms with Crippen LogP contribution in [-0.2, 0) is 4.79 Å². The fourth-order valence-electron chi connectivity index (χ4n) is 2.75. The molecule has 2 rings (SSSR count). The van der Waals surface area contributed by atoms with Crippen molar-refractivity contribution in [2.75, 3.05) is 20.1 Å². The van der Waals surface area contributed by atoms with Gasteiger partial charge in [-0.05, 0) is 19.9 Å². The van der Waals surface area contributed by atoms with Crippen LogP contribution >= 0.6 is 0 Å². The van der Waals surface area contributed by atoms with Crippen molar-refractivity contribution in [2.45, 2.75) is 32.2 Å². The SMILES string of the molecule is CC.CN1CC2(C1)CC(N)(C=O)C2. The van der Waals surface area contributed by atoms with E-state index in [1.807, 2.05) is 13.8 Å². The van der Waals surface area contributed by atoms with Crippen LogP contribution in [0.25, 0.3) is 0 Å². The second kappa shape index (κ2) is 3.39. The molecule has 1 saturated heterocycles.